The number of rotatable bonds is 4. The van der Waals surface area contributed by atoms with Crippen molar-refractivity contribution >= 4 is 5.97 Å². The van der Waals surface area contributed by atoms with Crippen molar-refractivity contribution in [2.45, 2.75) is 6.10 Å². The van der Waals surface area contributed by atoms with Crippen LogP contribution in [0.1, 0.15) is 10.4 Å². The van der Waals surface area contributed by atoms with Crippen molar-refractivity contribution in [1.82, 2.24) is 0 Å². The van der Waals surface area contributed by atoms with Crippen LogP contribution >= 0.6 is 0 Å². The number of carbonyl (C=O) groups is 1. The van der Waals surface area contributed by atoms with E-state index in [2.05, 4.69) is 4.74 Å². The van der Waals surface area contributed by atoms with Crippen LogP contribution in [-0.4, -0.2) is 45.7 Å². The van der Waals surface area contributed by atoms with Gasteiger partial charge >= 0.3 is 5.97 Å². The number of aliphatic hydroxyl groups is 2. The molecule has 0 saturated heterocycles. The van der Waals surface area contributed by atoms with Gasteiger partial charge in [0.2, 0.25) is 0 Å². The molecule has 0 aromatic heterocycles. The molecule has 0 spiro atoms. The number of esters is 1. The molecular weight excluding hydrogens is 216 g/mol. The van der Waals surface area contributed by atoms with E-state index < -0.39 is 18.7 Å². The smallest absolute Gasteiger partial charge is 0.338 e. The molecule has 0 heterocycles. The second-order valence-corrected chi connectivity index (χ2v) is 3.17. The normalized spacial score (nSPS) is 12.1. The van der Waals surface area contributed by atoms with Crippen LogP contribution in [0.3, 0.4) is 0 Å². The Morgan fingerprint density at radius 1 is 1.25 bits per heavy atom. The van der Waals surface area contributed by atoms with Crippen molar-refractivity contribution in [3.05, 3.63) is 23.8 Å². The first-order chi connectivity index (χ1) is 7.52. The Morgan fingerprint density at radius 2 is 1.81 bits per heavy atom. The van der Waals surface area contributed by atoms with Gasteiger partial charge in [-0.3, -0.25) is 0 Å². The lowest BCUT2D eigenvalue weighted by Gasteiger charge is -2.08. The number of aliphatic hydroxyl groups excluding tert-OH is 2. The average Bonchev–Trinajstić information content (AvgIpc) is 2.23. The third-order valence-electron chi connectivity index (χ3n) is 1.76. The van der Waals surface area contributed by atoms with Crippen LogP contribution in [0.25, 0.3) is 0 Å². The molecule has 1 aromatic carbocycles. The summed E-state index contributed by atoms with van der Waals surface area (Å²) in [6.45, 7) is -0.871. The van der Waals surface area contributed by atoms with Crippen LogP contribution in [0, 0.1) is 0 Å². The molecule has 0 bridgehead atoms. The molecule has 0 fully saturated rings. The molecule has 1 atom stereocenters. The Morgan fingerprint density at radius 3 is 2.31 bits per heavy atom. The molecule has 4 N–H and O–H groups in total. The summed E-state index contributed by atoms with van der Waals surface area (Å²) in [5.41, 5.74) is -0.0392. The molecule has 1 rings (SSSR count). The standard InChI is InChI=1S/C10H12O6/c11-4-9(14)5-16-10(15)6-1-7(12)3-8(13)2-6/h1-3,9,11-14H,4-5H2. The number of aromatic hydroxyl groups is 2. The summed E-state index contributed by atoms with van der Waals surface area (Å²) in [6, 6.07) is 3.31. The fourth-order valence-electron chi connectivity index (χ4n) is 1.02. The number of phenolic OH excluding ortho intramolecular Hbond substituents is 2. The summed E-state index contributed by atoms with van der Waals surface area (Å²) in [4.78, 5) is 11.3. The summed E-state index contributed by atoms with van der Waals surface area (Å²) in [5, 5.41) is 35.6. The Labute approximate surface area is 91.3 Å². The fourth-order valence-corrected chi connectivity index (χ4v) is 1.02. The third-order valence-corrected chi connectivity index (χ3v) is 1.76. The molecule has 1 aromatic rings. The summed E-state index contributed by atoms with van der Waals surface area (Å²) in [6.07, 6.45) is -1.14. The molecule has 16 heavy (non-hydrogen) atoms. The monoisotopic (exact) mass is 228 g/mol. The first-order valence-electron chi connectivity index (χ1n) is 4.52. The lowest BCUT2D eigenvalue weighted by Crippen LogP contribution is -2.21. The second kappa shape index (κ2) is 5.34. The molecule has 0 aliphatic rings. The highest BCUT2D eigenvalue weighted by Crippen LogP contribution is 2.20. The zero-order chi connectivity index (χ0) is 12.1. The van der Waals surface area contributed by atoms with E-state index in [9.17, 15) is 4.79 Å². The van der Waals surface area contributed by atoms with Crippen molar-refractivity contribution in [3.63, 3.8) is 0 Å². The Bertz CT molecular complexity index is 355. The van der Waals surface area contributed by atoms with Crippen LogP contribution in [-0.2, 0) is 4.74 Å². The molecule has 88 valence electrons. The summed E-state index contributed by atoms with van der Waals surface area (Å²) in [5.74, 6) is -1.34. The minimum atomic E-state index is -1.14. The minimum absolute atomic E-state index is 0.0392. The van der Waals surface area contributed by atoms with Gasteiger partial charge in [0.05, 0.1) is 12.2 Å². The van der Waals surface area contributed by atoms with Gasteiger partial charge < -0.3 is 25.2 Å². The van der Waals surface area contributed by atoms with Gasteiger partial charge in [0.1, 0.15) is 24.2 Å². The maximum Gasteiger partial charge on any atom is 0.338 e. The van der Waals surface area contributed by atoms with Crippen LogP contribution in [0.4, 0.5) is 0 Å². The van der Waals surface area contributed by atoms with Gasteiger partial charge in [-0.15, -0.1) is 0 Å². The van der Waals surface area contributed by atoms with Gasteiger partial charge in [0.25, 0.3) is 0 Å². The lowest BCUT2D eigenvalue weighted by atomic mass is 10.2. The van der Waals surface area contributed by atoms with Gasteiger partial charge in [-0.05, 0) is 12.1 Å². The molecule has 0 aliphatic carbocycles. The zero-order valence-corrected chi connectivity index (χ0v) is 8.33. The van der Waals surface area contributed by atoms with Crippen molar-refractivity contribution in [3.8, 4) is 11.5 Å². The number of ether oxygens (including phenoxy) is 1. The van der Waals surface area contributed by atoms with Gasteiger partial charge in [-0.1, -0.05) is 0 Å². The maximum absolute atomic E-state index is 11.3. The fraction of sp³-hybridized carbons (Fsp3) is 0.300. The first-order valence-corrected chi connectivity index (χ1v) is 4.52. The lowest BCUT2D eigenvalue weighted by molar-refractivity contribution is 0.00928. The van der Waals surface area contributed by atoms with Crippen LogP contribution < -0.4 is 0 Å². The third kappa shape index (κ3) is 3.41. The van der Waals surface area contributed by atoms with Crippen molar-refractivity contribution in [2.75, 3.05) is 13.2 Å². The van der Waals surface area contributed by atoms with Gasteiger partial charge in [0.15, 0.2) is 0 Å². The van der Waals surface area contributed by atoms with E-state index in [1.807, 2.05) is 0 Å². The van der Waals surface area contributed by atoms with Crippen LogP contribution in [0.15, 0.2) is 18.2 Å². The highest BCUT2D eigenvalue weighted by atomic mass is 16.5. The molecule has 0 aliphatic heterocycles. The quantitative estimate of drug-likeness (QED) is 0.523. The highest BCUT2D eigenvalue weighted by molar-refractivity contribution is 5.90. The van der Waals surface area contributed by atoms with Gasteiger partial charge in [0, 0.05) is 6.07 Å². The van der Waals surface area contributed by atoms with Crippen molar-refractivity contribution in [2.24, 2.45) is 0 Å². The van der Waals surface area contributed by atoms with Crippen molar-refractivity contribution < 1.29 is 30.0 Å². The zero-order valence-electron chi connectivity index (χ0n) is 8.33. The minimum Gasteiger partial charge on any atom is -0.508 e. The van der Waals surface area contributed by atoms with Crippen molar-refractivity contribution in [1.29, 1.82) is 0 Å². The van der Waals surface area contributed by atoms with E-state index in [1.54, 1.807) is 0 Å². The highest BCUT2D eigenvalue weighted by Gasteiger charge is 2.12. The summed E-state index contributed by atoms with van der Waals surface area (Å²) < 4.78 is 4.62. The predicted molar refractivity (Wildman–Crippen MR) is 53.1 cm³/mol. The van der Waals surface area contributed by atoms with E-state index in [4.69, 9.17) is 20.4 Å². The van der Waals surface area contributed by atoms with E-state index >= 15 is 0 Å². The molecule has 1 unspecified atom stereocenters. The summed E-state index contributed by atoms with van der Waals surface area (Å²) >= 11 is 0. The topological polar surface area (TPSA) is 107 Å². The number of hydrogen-bond acceptors (Lipinski definition) is 6. The molecule has 6 heteroatoms. The molecule has 0 amide bonds. The number of carbonyl (C=O) groups excluding carboxylic acids is 1. The van der Waals surface area contributed by atoms with Gasteiger partial charge in [-0.2, -0.15) is 0 Å². The predicted octanol–water partition coefficient (Wildman–Crippen LogP) is -0.392. The first kappa shape index (κ1) is 12.3. The molecule has 0 radical (unpaired) electrons. The number of hydrogen-bond donors (Lipinski definition) is 4. The van der Waals surface area contributed by atoms with E-state index in [0.29, 0.717) is 0 Å². The summed E-state index contributed by atoms with van der Waals surface area (Å²) in [7, 11) is 0. The van der Waals surface area contributed by atoms with E-state index in [0.717, 1.165) is 18.2 Å². The SMILES string of the molecule is O=C(OCC(O)CO)c1cc(O)cc(O)c1. The Hall–Kier alpha value is -1.79. The van der Waals surface area contributed by atoms with E-state index in [-0.39, 0.29) is 23.7 Å². The molecule has 6 nitrogen and oxygen atoms in total. The average molecular weight is 228 g/mol. The van der Waals surface area contributed by atoms with E-state index in [1.165, 1.54) is 0 Å². The largest absolute Gasteiger partial charge is 0.508 e. The second-order valence-electron chi connectivity index (χ2n) is 3.17. The van der Waals surface area contributed by atoms with Crippen LogP contribution in [0.2, 0.25) is 0 Å². The van der Waals surface area contributed by atoms with Crippen LogP contribution in [0.5, 0.6) is 11.5 Å². The Balaban J connectivity index is 2.66. The maximum atomic E-state index is 11.3. The Kier molecular flexibility index (Phi) is 4.10. The molecule has 0 saturated carbocycles. The number of phenols is 2. The number of benzene rings is 1. The molecular formula is C10H12O6. The van der Waals surface area contributed by atoms with Gasteiger partial charge in [-0.25, -0.2) is 4.79 Å².